The maximum absolute atomic E-state index is 12.3. The average Bonchev–Trinajstić information content (AvgIpc) is 3.09. The van der Waals surface area contributed by atoms with E-state index < -0.39 is 11.1 Å². The van der Waals surface area contributed by atoms with Crippen LogP contribution in [0.4, 0.5) is 0 Å². The van der Waals surface area contributed by atoms with E-state index in [4.69, 9.17) is 0 Å². The Morgan fingerprint density at radius 2 is 2.21 bits per heavy atom. The summed E-state index contributed by atoms with van der Waals surface area (Å²) >= 11 is 0. The van der Waals surface area contributed by atoms with Crippen molar-refractivity contribution in [1.29, 1.82) is 0 Å². The number of amides is 1. The fraction of sp³-hybridized carbons (Fsp3) is 0.471. The molecule has 0 radical (unpaired) electrons. The molecule has 0 bridgehead atoms. The van der Waals surface area contributed by atoms with Crippen LogP contribution < -0.4 is 21.8 Å². The van der Waals surface area contributed by atoms with Crippen LogP contribution in [0.15, 0.2) is 27.8 Å². The van der Waals surface area contributed by atoms with Gasteiger partial charge in [0, 0.05) is 18.7 Å². The summed E-state index contributed by atoms with van der Waals surface area (Å²) in [5.74, 6) is 0.454. The second-order valence-corrected chi connectivity index (χ2v) is 6.14. The lowest BCUT2D eigenvalue weighted by Crippen LogP contribution is -2.36. The first-order valence-corrected chi connectivity index (χ1v) is 8.36. The summed E-state index contributed by atoms with van der Waals surface area (Å²) in [5.41, 5.74) is 0.344. The molecule has 0 aliphatic carbocycles. The predicted octanol–water partition coefficient (Wildman–Crippen LogP) is 0.439. The molecule has 2 aromatic rings. The number of hydrogen-bond acceptors (Lipinski definition) is 4. The van der Waals surface area contributed by atoms with Gasteiger partial charge in [0.1, 0.15) is 0 Å². The van der Waals surface area contributed by atoms with Crippen LogP contribution in [0, 0.1) is 5.92 Å². The summed E-state index contributed by atoms with van der Waals surface area (Å²) in [5, 5.41) is 6.23. The Bertz CT molecular complexity index is 862. The van der Waals surface area contributed by atoms with Gasteiger partial charge in [-0.25, -0.2) is 0 Å². The summed E-state index contributed by atoms with van der Waals surface area (Å²) in [6.45, 7) is 4.91. The number of hydrogen-bond donors (Lipinski definition) is 3. The second-order valence-electron chi connectivity index (χ2n) is 6.14. The molecule has 2 heterocycles. The summed E-state index contributed by atoms with van der Waals surface area (Å²) in [6, 6.07) is 5.00. The van der Waals surface area contributed by atoms with E-state index in [-0.39, 0.29) is 5.91 Å². The number of nitrogens with zero attached hydrogens (tertiary/aromatic N) is 1. The van der Waals surface area contributed by atoms with E-state index in [2.05, 4.69) is 15.6 Å². The number of carbonyl (C=O) groups is 1. The van der Waals surface area contributed by atoms with Crippen LogP contribution in [0.1, 0.15) is 30.1 Å². The Hall–Kier alpha value is -2.41. The number of rotatable bonds is 5. The predicted molar refractivity (Wildman–Crippen MR) is 92.4 cm³/mol. The van der Waals surface area contributed by atoms with Gasteiger partial charge in [0.2, 0.25) is 0 Å². The summed E-state index contributed by atoms with van der Waals surface area (Å²) < 4.78 is 1.41. The normalized spacial score (nSPS) is 17.3. The zero-order chi connectivity index (χ0) is 17.1. The van der Waals surface area contributed by atoms with E-state index in [0.717, 1.165) is 25.9 Å². The van der Waals surface area contributed by atoms with Crippen molar-refractivity contribution < 1.29 is 4.79 Å². The van der Waals surface area contributed by atoms with Gasteiger partial charge in [-0.1, -0.05) is 0 Å². The molecule has 1 aliphatic heterocycles. The van der Waals surface area contributed by atoms with Crippen molar-refractivity contribution in [2.24, 2.45) is 5.92 Å². The number of fused-ring (bicyclic) bond motifs is 1. The Balaban J connectivity index is 1.77. The third-order valence-corrected chi connectivity index (χ3v) is 4.55. The molecule has 7 heteroatoms. The lowest BCUT2D eigenvalue weighted by Gasteiger charge is -2.11. The lowest BCUT2D eigenvalue weighted by atomic mass is 10.1. The first-order chi connectivity index (χ1) is 11.6. The van der Waals surface area contributed by atoms with Crippen molar-refractivity contribution in [3.63, 3.8) is 0 Å². The molecule has 1 fully saturated rings. The van der Waals surface area contributed by atoms with Gasteiger partial charge < -0.3 is 20.2 Å². The zero-order valence-electron chi connectivity index (χ0n) is 13.7. The Morgan fingerprint density at radius 3 is 2.92 bits per heavy atom. The molecule has 1 saturated heterocycles. The van der Waals surface area contributed by atoms with Crippen LogP contribution >= 0.6 is 0 Å². The zero-order valence-corrected chi connectivity index (χ0v) is 13.7. The molecular weight excluding hydrogens is 308 g/mol. The van der Waals surface area contributed by atoms with Crippen molar-refractivity contribution >= 4 is 16.9 Å². The van der Waals surface area contributed by atoms with Gasteiger partial charge in [-0.3, -0.25) is 14.4 Å². The number of aromatic nitrogens is 2. The van der Waals surface area contributed by atoms with Crippen LogP contribution in [0.5, 0.6) is 0 Å². The third-order valence-electron chi connectivity index (χ3n) is 4.55. The van der Waals surface area contributed by atoms with Crippen molar-refractivity contribution in [1.82, 2.24) is 20.2 Å². The van der Waals surface area contributed by atoms with Gasteiger partial charge in [0.05, 0.1) is 11.0 Å². The maximum atomic E-state index is 12.3. The van der Waals surface area contributed by atoms with Crippen molar-refractivity contribution in [3.05, 3.63) is 44.5 Å². The van der Waals surface area contributed by atoms with Gasteiger partial charge in [0.25, 0.3) is 5.91 Å². The number of H-pyrrole nitrogens is 1. The molecule has 24 heavy (non-hydrogen) atoms. The summed E-state index contributed by atoms with van der Waals surface area (Å²) in [7, 11) is 0. The smallest absolute Gasteiger partial charge is 0.316 e. The molecular formula is C17H22N4O3. The summed E-state index contributed by atoms with van der Waals surface area (Å²) in [4.78, 5) is 38.4. The van der Waals surface area contributed by atoms with E-state index >= 15 is 0 Å². The molecule has 1 amide bonds. The number of benzene rings is 1. The minimum absolute atomic E-state index is 0.169. The van der Waals surface area contributed by atoms with Crippen molar-refractivity contribution in [3.8, 4) is 0 Å². The van der Waals surface area contributed by atoms with Gasteiger partial charge in [-0.05, 0) is 57.0 Å². The SMILES string of the molecule is CCn1c(=O)c(=O)[nH]c2cc(C(=O)NCCC3CCNC3)ccc21. The third kappa shape index (κ3) is 3.26. The Labute approximate surface area is 139 Å². The number of aromatic amines is 1. The molecule has 128 valence electrons. The average molecular weight is 330 g/mol. The molecule has 7 nitrogen and oxygen atoms in total. The monoisotopic (exact) mass is 330 g/mol. The fourth-order valence-electron chi connectivity index (χ4n) is 3.19. The first-order valence-electron chi connectivity index (χ1n) is 8.36. The Morgan fingerprint density at radius 1 is 1.38 bits per heavy atom. The highest BCUT2D eigenvalue weighted by Crippen LogP contribution is 2.13. The van der Waals surface area contributed by atoms with Crippen molar-refractivity contribution in [2.75, 3.05) is 19.6 Å². The first kappa shape index (κ1) is 16.4. The largest absolute Gasteiger partial charge is 0.352 e. The summed E-state index contributed by atoms with van der Waals surface area (Å²) in [6.07, 6.45) is 2.11. The van der Waals surface area contributed by atoms with Gasteiger partial charge in [0.15, 0.2) is 0 Å². The molecule has 0 saturated carbocycles. The minimum atomic E-state index is -0.671. The number of nitrogens with one attached hydrogen (secondary N) is 3. The van der Waals surface area contributed by atoms with Crippen LogP contribution in [0.25, 0.3) is 11.0 Å². The highest BCUT2D eigenvalue weighted by Gasteiger charge is 2.15. The minimum Gasteiger partial charge on any atom is -0.352 e. The van der Waals surface area contributed by atoms with E-state index in [0.29, 0.717) is 35.6 Å². The van der Waals surface area contributed by atoms with E-state index in [1.165, 1.54) is 4.57 Å². The molecule has 1 aromatic heterocycles. The fourth-order valence-corrected chi connectivity index (χ4v) is 3.19. The topological polar surface area (TPSA) is 96.0 Å². The molecule has 0 spiro atoms. The molecule has 1 unspecified atom stereocenters. The molecule has 1 aromatic carbocycles. The van der Waals surface area contributed by atoms with Crippen LogP contribution in [-0.2, 0) is 6.54 Å². The maximum Gasteiger partial charge on any atom is 0.316 e. The second kappa shape index (κ2) is 7.00. The standard InChI is InChI=1S/C17H22N4O3/c1-2-21-14-4-3-12(9-13(14)20-16(23)17(21)24)15(22)19-8-6-11-5-7-18-10-11/h3-4,9,11,18H,2,5-8,10H2,1H3,(H,19,22)(H,20,23). The molecule has 1 atom stereocenters. The highest BCUT2D eigenvalue weighted by atomic mass is 16.2. The quantitative estimate of drug-likeness (QED) is 0.693. The lowest BCUT2D eigenvalue weighted by molar-refractivity contribution is 0.0952. The van der Waals surface area contributed by atoms with E-state index in [9.17, 15) is 14.4 Å². The number of aryl methyl sites for hydroxylation is 1. The Kier molecular flexibility index (Phi) is 4.80. The van der Waals surface area contributed by atoms with Crippen LogP contribution in [0.2, 0.25) is 0 Å². The van der Waals surface area contributed by atoms with Crippen molar-refractivity contribution in [2.45, 2.75) is 26.3 Å². The molecule has 3 N–H and O–H groups in total. The molecule has 3 rings (SSSR count). The number of carbonyl (C=O) groups excluding carboxylic acids is 1. The van der Waals surface area contributed by atoms with E-state index in [1.54, 1.807) is 25.1 Å². The van der Waals surface area contributed by atoms with Gasteiger partial charge in [-0.15, -0.1) is 0 Å². The van der Waals surface area contributed by atoms with Gasteiger partial charge in [-0.2, -0.15) is 0 Å². The van der Waals surface area contributed by atoms with Gasteiger partial charge >= 0.3 is 11.1 Å². The molecule has 1 aliphatic rings. The van der Waals surface area contributed by atoms with E-state index in [1.807, 2.05) is 0 Å². The van der Waals surface area contributed by atoms with Crippen LogP contribution in [0.3, 0.4) is 0 Å². The highest BCUT2D eigenvalue weighted by molar-refractivity contribution is 5.97. The van der Waals surface area contributed by atoms with Crippen LogP contribution in [-0.4, -0.2) is 35.1 Å².